The number of carbonyl (C=O) groups excluding carboxylic acids is 1. The molecule has 1 rings (SSSR count). The molecule has 0 aliphatic carbocycles. The highest BCUT2D eigenvalue weighted by atomic mass is 16.5. The molecule has 1 amide bonds. The normalized spacial score (nSPS) is 12.1. The van der Waals surface area contributed by atoms with Crippen molar-refractivity contribution < 1.29 is 24.0 Å². The van der Waals surface area contributed by atoms with Gasteiger partial charge in [-0.3, -0.25) is 4.79 Å². The summed E-state index contributed by atoms with van der Waals surface area (Å²) in [6.07, 6.45) is 0.189. The average molecular weight is 242 g/mol. The topological polar surface area (TPSA) is 102 Å². The number of aliphatic carboxylic acids is 1. The van der Waals surface area contributed by atoms with Crippen LogP contribution in [0, 0.1) is 6.92 Å². The molecule has 0 aliphatic heterocycles. The van der Waals surface area contributed by atoms with E-state index in [1.165, 1.54) is 13.2 Å². The second kappa shape index (κ2) is 6.00. The van der Waals surface area contributed by atoms with Gasteiger partial charge in [-0.1, -0.05) is 5.16 Å². The second-order valence-corrected chi connectivity index (χ2v) is 3.47. The van der Waals surface area contributed by atoms with Crippen LogP contribution in [-0.4, -0.2) is 41.9 Å². The molecule has 1 atom stereocenters. The Balaban J connectivity index is 2.60. The lowest BCUT2D eigenvalue weighted by molar-refractivity contribution is -0.139. The summed E-state index contributed by atoms with van der Waals surface area (Å²) in [4.78, 5) is 22.5. The van der Waals surface area contributed by atoms with E-state index in [4.69, 9.17) is 14.4 Å². The highest BCUT2D eigenvalue weighted by Crippen LogP contribution is 2.02. The minimum absolute atomic E-state index is 0.0613. The van der Waals surface area contributed by atoms with E-state index in [1.807, 2.05) is 0 Å². The largest absolute Gasteiger partial charge is 0.480 e. The van der Waals surface area contributed by atoms with Crippen LogP contribution in [0.4, 0.5) is 0 Å². The molecule has 0 radical (unpaired) electrons. The number of aromatic nitrogens is 1. The van der Waals surface area contributed by atoms with Crippen LogP contribution in [0.25, 0.3) is 0 Å². The van der Waals surface area contributed by atoms with Gasteiger partial charge in [0.2, 0.25) is 0 Å². The lowest BCUT2D eigenvalue weighted by Crippen LogP contribution is -2.41. The van der Waals surface area contributed by atoms with Crippen molar-refractivity contribution in [2.45, 2.75) is 19.4 Å². The van der Waals surface area contributed by atoms with Crippen LogP contribution in [0.15, 0.2) is 10.6 Å². The number of carbonyl (C=O) groups is 2. The van der Waals surface area contributed by atoms with Crippen LogP contribution in [0.2, 0.25) is 0 Å². The number of aryl methyl sites for hydroxylation is 1. The quantitative estimate of drug-likeness (QED) is 0.739. The third-order valence-electron chi connectivity index (χ3n) is 2.07. The maximum atomic E-state index is 11.6. The summed E-state index contributed by atoms with van der Waals surface area (Å²) in [5.41, 5.74) is 0.0613. The Labute approximate surface area is 97.7 Å². The molecule has 0 spiro atoms. The van der Waals surface area contributed by atoms with Crippen molar-refractivity contribution in [3.63, 3.8) is 0 Å². The van der Waals surface area contributed by atoms with Crippen molar-refractivity contribution in [3.05, 3.63) is 17.5 Å². The predicted molar refractivity (Wildman–Crippen MR) is 56.6 cm³/mol. The number of carboxylic acid groups (broad SMARTS) is 1. The number of hydrogen-bond acceptors (Lipinski definition) is 5. The molecule has 2 N–H and O–H groups in total. The van der Waals surface area contributed by atoms with Gasteiger partial charge in [0.15, 0.2) is 5.69 Å². The number of amides is 1. The van der Waals surface area contributed by atoms with Crippen molar-refractivity contribution in [3.8, 4) is 0 Å². The molecule has 0 aliphatic rings. The third-order valence-corrected chi connectivity index (χ3v) is 2.07. The van der Waals surface area contributed by atoms with E-state index in [-0.39, 0.29) is 18.7 Å². The van der Waals surface area contributed by atoms with E-state index in [1.54, 1.807) is 6.92 Å². The molecule has 0 saturated carbocycles. The zero-order valence-corrected chi connectivity index (χ0v) is 9.60. The molecule has 0 saturated heterocycles. The fraction of sp³-hybridized carbons (Fsp3) is 0.500. The van der Waals surface area contributed by atoms with E-state index >= 15 is 0 Å². The molecular formula is C10H14N2O5. The Morgan fingerprint density at radius 2 is 2.35 bits per heavy atom. The maximum Gasteiger partial charge on any atom is 0.326 e. The van der Waals surface area contributed by atoms with Gasteiger partial charge < -0.3 is 19.7 Å². The summed E-state index contributed by atoms with van der Waals surface area (Å²) < 4.78 is 9.49. The van der Waals surface area contributed by atoms with Crippen LogP contribution in [-0.2, 0) is 9.53 Å². The first-order valence-electron chi connectivity index (χ1n) is 5.00. The highest BCUT2D eigenvalue weighted by molar-refractivity contribution is 5.94. The van der Waals surface area contributed by atoms with Crippen molar-refractivity contribution in [2.75, 3.05) is 13.7 Å². The van der Waals surface area contributed by atoms with Crippen molar-refractivity contribution in [2.24, 2.45) is 0 Å². The summed E-state index contributed by atoms with van der Waals surface area (Å²) in [5.74, 6) is -1.21. The highest BCUT2D eigenvalue weighted by Gasteiger charge is 2.21. The van der Waals surface area contributed by atoms with Gasteiger partial charge in [0.05, 0.1) is 0 Å². The molecule has 1 aromatic heterocycles. The summed E-state index contributed by atoms with van der Waals surface area (Å²) >= 11 is 0. The van der Waals surface area contributed by atoms with Gasteiger partial charge in [-0.2, -0.15) is 0 Å². The number of nitrogens with zero attached hydrogens (tertiary/aromatic N) is 1. The fourth-order valence-corrected chi connectivity index (χ4v) is 1.20. The molecule has 94 valence electrons. The molecule has 7 heteroatoms. The molecule has 1 unspecified atom stereocenters. The third kappa shape index (κ3) is 3.87. The van der Waals surface area contributed by atoms with Gasteiger partial charge in [-0.15, -0.1) is 0 Å². The standard InChI is InChI=1S/C10H14N2O5/c1-6-5-8(12-17-6)9(13)11-7(10(14)15)3-4-16-2/h5,7H,3-4H2,1-2H3,(H,11,13)(H,14,15). The molecule has 17 heavy (non-hydrogen) atoms. The monoisotopic (exact) mass is 242 g/mol. The molecule has 1 heterocycles. The number of rotatable bonds is 6. The lowest BCUT2D eigenvalue weighted by atomic mass is 10.2. The van der Waals surface area contributed by atoms with E-state index in [0.717, 1.165) is 0 Å². The molecule has 1 aromatic rings. The first kappa shape index (κ1) is 13.2. The van der Waals surface area contributed by atoms with Gasteiger partial charge in [-0.05, 0) is 6.92 Å². The lowest BCUT2D eigenvalue weighted by Gasteiger charge is -2.12. The molecule has 7 nitrogen and oxygen atoms in total. The Bertz CT molecular complexity index is 401. The number of hydrogen-bond donors (Lipinski definition) is 2. The first-order valence-corrected chi connectivity index (χ1v) is 5.00. The Kier molecular flexibility index (Phi) is 4.65. The van der Waals surface area contributed by atoms with Crippen molar-refractivity contribution >= 4 is 11.9 Å². The van der Waals surface area contributed by atoms with Crippen LogP contribution in [0.3, 0.4) is 0 Å². The molecule has 0 aromatic carbocycles. The Morgan fingerprint density at radius 3 is 2.82 bits per heavy atom. The van der Waals surface area contributed by atoms with Gasteiger partial charge >= 0.3 is 5.97 Å². The van der Waals surface area contributed by atoms with Crippen LogP contribution < -0.4 is 5.32 Å². The maximum absolute atomic E-state index is 11.6. The summed E-state index contributed by atoms with van der Waals surface area (Å²) in [5, 5.41) is 14.7. The first-order chi connectivity index (χ1) is 8.04. The van der Waals surface area contributed by atoms with Gasteiger partial charge in [0, 0.05) is 26.2 Å². The van der Waals surface area contributed by atoms with Crippen molar-refractivity contribution in [1.29, 1.82) is 0 Å². The zero-order valence-electron chi connectivity index (χ0n) is 9.60. The van der Waals surface area contributed by atoms with Crippen LogP contribution >= 0.6 is 0 Å². The Hall–Kier alpha value is -1.89. The SMILES string of the molecule is COCCC(NC(=O)c1cc(C)on1)C(=O)O. The van der Waals surface area contributed by atoms with Gasteiger partial charge in [0.1, 0.15) is 11.8 Å². The zero-order chi connectivity index (χ0) is 12.8. The second-order valence-electron chi connectivity index (χ2n) is 3.47. The molecule has 0 fully saturated rings. The fourth-order valence-electron chi connectivity index (χ4n) is 1.20. The molecule has 0 bridgehead atoms. The minimum atomic E-state index is -1.12. The van der Waals surface area contributed by atoms with Crippen LogP contribution in [0.5, 0.6) is 0 Å². The van der Waals surface area contributed by atoms with E-state index < -0.39 is 17.9 Å². The average Bonchev–Trinajstić information content (AvgIpc) is 2.70. The minimum Gasteiger partial charge on any atom is -0.480 e. The summed E-state index contributed by atoms with van der Waals surface area (Å²) in [7, 11) is 1.46. The Morgan fingerprint density at radius 1 is 1.65 bits per heavy atom. The number of carboxylic acids is 1. The van der Waals surface area contributed by atoms with E-state index in [0.29, 0.717) is 5.76 Å². The van der Waals surface area contributed by atoms with Crippen LogP contribution in [0.1, 0.15) is 22.7 Å². The van der Waals surface area contributed by atoms with E-state index in [2.05, 4.69) is 10.5 Å². The smallest absolute Gasteiger partial charge is 0.326 e. The predicted octanol–water partition coefficient (Wildman–Crippen LogP) is 0.203. The number of ether oxygens (including phenoxy) is 1. The van der Waals surface area contributed by atoms with Gasteiger partial charge in [0.25, 0.3) is 5.91 Å². The van der Waals surface area contributed by atoms with E-state index in [9.17, 15) is 9.59 Å². The summed E-state index contributed by atoms with van der Waals surface area (Å²) in [6, 6.07) is 0.435. The summed E-state index contributed by atoms with van der Waals surface area (Å²) in [6.45, 7) is 1.89. The number of nitrogens with one attached hydrogen (secondary N) is 1. The van der Waals surface area contributed by atoms with Crippen molar-refractivity contribution in [1.82, 2.24) is 10.5 Å². The van der Waals surface area contributed by atoms with Gasteiger partial charge in [-0.25, -0.2) is 4.79 Å². The number of methoxy groups -OCH3 is 1. The molecular weight excluding hydrogens is 228 g/mol.